The number of ether oxygens (including phenoxy) is 1. The van der Waals surface area contributed by atoms with E-state index in [4.69, 9.17) is 10.5 Å². The lowest BCUT2D eigenvalue weighted by atomic mass is 10.2. The Morgan fingerprint density at radius 2 is 1.80 bits per heavy atom. The van der Waals surface area contributed by atoms with Crippen LogP contribution in [0, 0.1) is 0 Å². The molecule has 1 saturated heterocycles. The fourth-order valence-corrected chi connectivity index (χ4v) is 2.79. The molecule has 2 rings (SSSR count). The fraction of sp³-hybridized carbons (Fsp3) is 0.533. The fourth-order valence-electron chi connectivity index (χ4n) is 2.79. The SMILES string of the molecule is C[C@@H]1CN(C(=O)Cn2c(C(F)(F)F)ccc(C(N)=O)c2=O)C[C@@H](C)O1. The van der Waals surface area contributed by atoms with Crippen molar-refractivity contribution in [2.45, 2.75) is 38.8 Å². The molecule has 0 radical (unpaired) electrons. The van der Waals surface area contributed by atoms with Crippen molar-refractivity contribution in [3.05, 3.63) is 33.7 Å². The van der Waals surface area contributed by atoms with Gasteiger partial charge in [0, 0.05) is 13.1 Å². The quantitative estimate of drug-likeness (QED) is 0.853. The Balaban J connectivity index is 2.40. The minimum atomic E-state index is -4.86. The van der Waals surface area contributed by atoms with Crippen LogP contribution in [0.15, 0.2) is 16.9 Å². The van der Waals surface area contributed by atoms with E-state index in [1.165, 1.54) is 4.90 Å². The molecule has 0 saturated carbocycles. The molecule has 1 aliphatic heterocycles. The van der Waals surface area contributed by atoms with E-state index in [2.05, 4.69) is 0 Å². The molecule has 2 heterocycles. The minimum absolute atomic E-state index is 0.203. The number of rotatable bonds is 3. The van der Waals surface area contributed by atoms with E-state index in [1.54, 1.807) is 13.8 Å². The second-order valence-corrected chi connectivity index (χ2v) is 5.94. The summed E-state index contributed by atoms with van der Waals surface area (Å²) < 4.78 is 45.2. The number of pyridine rings is 1. The lowest BCUT2D eigenvalue weighted by Crippen LogP contribution is -2.50. The highest BCUT2D eigenvalue weighted by Gasteiger charge is 2.36. The van der Waals surface area contributed by atoms with Crippen molar-refractivity contribution in [3.8, 4) is 0 Å². The van der Waals surface area contributed by atoms with Gasteiger partial charge in [-0.2, -0.15) is 13.2 Å². The minimum Gasteiger partial charge on any atom is -0.372 e. The topological polar surface area (TPSA) is 94.6 Å². The van der Waals surface area contributed by atoms with E-state index in [0.717, 1.165) is 0 Å². The first-order valence-corrected chi connectivity index (χ1v) is 7.54. The Labute approximate surface area is 141 Å². The van der Waals surface area contributed by atoms with Crippen molar-refractivity contribution in [2.24, 2.45) is 5.73 Å². The summed E-state index contributed by atoms with van der Waals surface area (Å²) in [6.07, 6.45) is -5.41. The molecular formula is C15H18F3N3O4. The second-order valence-electron chi connectivity index (χ2n) is 5.94. The van der Waals surface area contributed by atoms with Crippen LogP contribution >= 0.6 is 0 Å². The van der Waals surface area contributed by atoms with Gasteiger partial charge in [0.25, 0.3) is 11.5 Å². The highest BCUT2D eigenvalue weighted by atomic mass is 19.4. The van der Waals surface area contributed by atoms with E-state index < -0.39 is 41.4 Å². The largest absolute Gasteiger partial charge is 0.431 e. The molecule has 0 aliphatic carbocycles. The first-order chi connectivity index (χ1) is 11.5. The Kier molecular flexibility index (Phi) is 5.21. The van der Waals surface area contributed by atoms with Gasteiger partial charge < -0.3 is 15.4 Å². The van der Waals surface area contributed by atoms with Crippen LogP contribution in [0.4, 0.5) is 13.2 Å². The van der Waals surface area contributed by atoms with E-state index in [1.807, 2.05) is 0 Å². The zero-order chi connectivity index (χ0) is 18.9. The maximum absolute atomic E-state index is 13.2. The zero-order valence-corrected chi connectivity index (χ0v) is 13.7. The predicted octanol–water partition coefficient (Wildman–Crippen LogP) is 0.602. The summed E-state index contributed by atoms with van der Waals surface area (Å²) in [5.41, 5.74) is 1.84. The number of hydrogen-bond donors (Lipinski definition) is 1. The molecule has 138 valence electrons. The smallest absolute Gasteiger partial charge is 0.372 e. The van der Waals surface area contributed by atoms with Crippen LogP contribution in [-0.4, -0.2) is 46.6 Å². The molecule has 2 amide bonds. The van der Waals surface area contributed by atoms with E-state index >= 15 is 0 Å². The molecule has 1 aromatic rings. The van der Waals surface area contributed by atoms with Gasteiger partial charge in [0.15, 0.2) is 0 Å². The van der Waals surface area contributed by atoms with Crippen LogP contribution in [0.5, 0.6) is 0 Å². The Hall–Kier alpha value is -2.36. The highest BCUT2D eigenvalue weighted by molar-refractivity contribution is 5.92. The Morgan fingerprint density at radius 1 is 1.24 bits per heavy atom. The number of alkyl halides is 3. The summed E-state index contributed by atoms with van der Waals surface area (Å²) in [7, 11) is 0. The molecule has 1 fully saturated rings. The monoisotopic (exact) mass is 361 g/mol. The number of nitrogens with zero attached hydrogens (tertiary/aromatic N) is 2. The molecule has 10 heteroatoms. The maximum Gasteiger partial charge on any atom is 0.431 e. The molecule has 0 unspecified atom stereocenters. The van der Waals surface area contributed by atoms with Gasteiger partial charge in [0.1, 0.15) is 17.8 Å². The first kappa shape index (κ1) is 19.0. The zero-order valence-electron chi connectivity index (χ0n) is 13.7. The lowest BCUT2D eigenvalue weighted by Gasteiger charge is -2.35. The molecule has 0 aromatic carbocycles. The summed E-state index contributed by atoms with van der Waals surface area (Å²) in [5, 5.41) is 0. The van der Waals surface area contributed by atoms with Crippen LogP contribution in [0.25, 0.3) is 0 Å². The average molecular weight is 361 g/mol. The summed E-state index contributed by atoms with van der Waals surface area (Å²) >= 11 is 0. The van der Waals surface area contributed by atoms with Gasteiger partial charge in [-0.25, -0.2) is 0 Å². The third-order valence-electron chi connectivity index (χ3n) is 3.80. The van der Waals surface area contributed by atoms with Crippen LogP contribution in [-0.2, 0) is 22.3 Å². The van der Waals surface area contributed by atoms with Gasteiger partial charge in [-0.15, -0.1) is 0 Å². The van der Waals surface area contributed by atoms with Gasteiger partial charge in [-0.1, -0.05) is 0 Å². The summed E-state index contributed by atoms with van der Waals surface area (Å²) in [6, 6.07) is 1.28. The van der Waals surface area contributed by atoms with Gasteiger partial charge in [-0.3, -0.25) is 19.0 Å². The van der Waals surface area contributed by atoms with E-state index in [0.29, 0.717) is 12.1 Å². The molecule has 7 nitrogen and oxygen atoms in total. The van der Waals surface area contributed by atoms with Crippen molar-refractivity contribution in [1.29, 1.82) is 0 Å². The lowest BCUT2D eigenvalue weighted by molar-refractivity contribution is -0.149. The summed E-state index contributed by atoms with van der Waals surface area (Å²) in [4.78, 5) is 37.1. The van der Waals surface area contributed by atoms with Gasteiger partial charge in [0.05, 0.1) is 12.2 Å². The number of nitrogens with two attached hydrogens (primary N) is 1. The third-order valence-corrected chi connectivity index (χ3v) is 3.80. The standard InChI is InChI=1S/C15H18F3N3O4/c1-8-5-20(6-9(2)25-8)12(22)7-21-11(15(16,17)18)4-3-10(13(19)23)14(21)24/h3-4,8-9H,5-7H2,1-2H3,(H2,19,23)/t8-,9-/m1/s1. The van der Waals surface area contributed by atoms with Crippen molar-refractivity contribution >= 4 is 11.8 Å². The molecule has 0 bridgehead atoms. The normalized spacial score (nSPS) is 21.2. The summed E-state index contributed by atoms with van der Waals surface area (Å²) in [6.45, 7) is 3.03. The second kappa shape index (κ2) is 6.87. The summed E-state index contributed by atoms with van der Waals surface area (Å²) in [5.74, 6) is -1.83. The molecule has 25 heavy (non-hydrogen) atoms. The number of morpholine rings is 1. The van der Waals surface area contributed by atoms with Crippen LogP contribution in [0.2, 0.25) is 0 Å². The highest BCUT2D eigenvalue weighted by Crippen LogP contribution is 2.28. The van der Waals surface area contributed by atoms with Gasteiger partial charge in [0.2, 0.25) is 5.91 Å². The molecule has 2 atom stereocenters. The van der Waals surface area contributed by atoms with Crippen molar-refractivity contribution in [2.75, 3.05) is 13.1 Å². The first-order valence-electron chi connectivity index (χ1n) is 7.54. The third kappa shape index (κ3) is 4.19. The molecule has 0 spiro atoms. The molecular weight excluding hydrogens is 343 g/mol. The Morgan fingerprint density at radius 3 is 2.28 bits per heavy atom. The van der Waals surface area contributed by atoms with Crippen LogP contribution < -0.4 is 11.3 Å². The molecule has 1 aliphatic rings. The predicted molar refractivity (Wildman–Crippen MR) is 80.8 cm³/mol. The van der Waals surface area contributed by atoms with E-state index in [-0.39, 0.29) is 29.9 Å². The number of aromatic nitrogens is 1. The molecule has 1 aromatic heterocycles. The van der Waals surface area contributed by atoms with Crippen LogP contribution in [0.1, 0.15) is 29.9 Å². The number of amides is 2. The number of carbonyl (C=O) groups excluding carboxylic acids is 2. The van der Waals surface area contributed by atoms with Crippen molar-refractivity contribution in [1.82, 2.24) is 9.47 Å². The Bertz CT molecular complexity index is 735. The maximum atomic E-state index is 13.2. The number of primary amides is 1. The average Bonchev–Trinajstić information content (AvgIpc) is 2.46. The van der Waals surface area contributed by atoms with E-state index in [9.17, 15) is 27.6 Å². The number of carbonyl (C=O) groups is 2. The number of halogens is 3. The number of hydrogen-bond acceptors (Lipinski definition) is 4. The van der Waals surface area contributed by atoms with Crippen molar-refractivity contribution in [3.63, 3.8) is 0 Å². The van der Waals surface area contributed by atoms with Crippen molar-refractivity contribution < 1.29 is 27.5 Å². The van der Waals surface area contributed by atoms with Gasteiger partial charge >= 0.3 is 6.18 Å². The molecule has 2 N–H and O–H groups in total. The van der Waals surface area contributed by atoms with Crippen LogP contribution in [0.3, 0.4) is 0 Å². The van der Waals surface area contributed by atoms with Gasteiger partial charge in [-0.05, 0) is 26.0 Å².